The van der Waals surface area contributed by atoms with Crippen LogP contribution in [0.1, 0.15) is 40.1 Å². The number of halogens is 1. The zero-order valence-electron chi connectivity index (χ0n) is 16.1. The van der Waals surface area contributed by atoms with Crippen LogP contribution in [0.25, 0.3) is 0 Å². The van der Waals surface area contributed by atoms with Gasteiger partial charge < -0.3 is 4.74 Å². The zero-order valence-corrected chi connectivity index (χ0v) is 17.7. The number of nitrogens with zero attached hydrogens (tertiary/aromatic N) is 1. The second kappa shape index (κ2) is 8.86. The minimum atomic E-state index is -3.74. The highest BCUT2D eigenvalue weighted by atomic mass is 35.5. The minimum Gasteiger partial charge on any atom is -0.451 e. The number of Topliss-reactive ketones (excluding diaryl/α,β-unsaturated/α-hetero) is 1. The zero-order chi connectivity index (χ0) is 21.1. The van der Waals surface area contributed by atoms with Crippen molar-refractivity contribution in [2.24, 2.45) is 0 Å². The topological polar surface area (TPSA) is 80.8 Å². The van der Waals surface area contributed by atoms with E-state index in [0.29, 0.717) is 5.56 Å². The summed E-state index contributed by atoms with van der Waals surface area (Å²) in [5.41, 5.74) is 1.39. The molecule has 0 amide bonds. The molecule has 0 fully saturated rings. The van der Waals surface area contributed by atoms with Crippen LogP contribution < -0.4 is 0 Å². The van der Waals surface area contributed by atoms with Crippen molar-refractivity contribution in [2.75, 3.05) is 14.1 Å². The second-order valence-electron chi connectivity index (χ2n) is 6.39. The summed E-state index contributed by atoms with van der Waals surface area (Å²) >= 11 is 6.04. The van der Waals surface area contributed by atoms with Gasteiger partial charge >= 0.3 is 5.97 Å². The maximum absolute atomic E-state index is 12.5. The maximum Gasteiger partial charge on any atom is 0.340 e. The number of ketones is 1. The first-order valence-corrected chi connectivity index (χ1v) is 10.5. The predicted octanol–water partition coefficient (Wildman–Crippen LogP) is 3.58. The first-order valence-electron chi connectivity index (χ1n) is 8.64. The van der Waals surface area contributed by atoms with Gasteiger partial charge in [0.2, 0.25) is 15.8 Å². The number of hydrogen-bond donors (Lipinski definition) is 0. The Morgan fingerprint density at radius 1 is 1.11 bits per heavy atom. The number of carbonyl (C=O) groups is 2. The summed E-state index contributed by atoms with van der Waals surface area (Å²) in [6.07, 6.45) is -0.200. The average Bonchev–Trinajstić information content (AvgIpc) is 2.67. The predicted molar refractivity (Wildman–Crippen MR) is 107 cm³/mol. The highest BCUT2D eigenvalue weighted by molar-refractivity contribution is 7.89. The van der Waals surface area contributed by atoms with Gasteiger partial charge in [0, 0.05) is 19.7 Å². The summed E-state index contributed by atoms with van der Waals surface area (Å²) in [4.78, 5) is 24.9. The number of ether oxygens (including phenoxy) is 1. The SMILES string of the molecule is CCc1ccc(C(=O)C(C)OC(=O)c2cc(S(=O)(=O)N(C)C)ccc2Cl)cc1. The van der Waals surface area contributed by atoms with Crippen molar-refractivity contribution in [1.82, 2.24) is 4.31 Å². The van der Waals surface area contributed by atoms with Gasteiger partial charge in [-0.3, -0.25) is 4.79 Å². The molecule has 1 atom stereocenters. The standard InChI is InChI=1S/C20H22ClNO5S/c1-5-14-6-8-15(9-7-14)19(23)13(2)27-20(24)17-12-16(10-11-18(17)21)28(25,26)22(3)4/h6-13H,5H2,1-4H3. The van der Waals surface area contributed by atoms with Gasteiger partial charge in [-0.2, -0.15) is 0 Å². The molecule has 0 spiro atoms. The smallest absolute Gasteiger partial charge is 0.340 e. The van der Waals surface area contributed by atoms with Crippen LogP contribution in [0.5, 0.6) is 0 Å². The van der Waals surface area contributed by atoms with Crippen molar-refractivity contribution < 1.29 is 22.7 Å². The number of esters is 1. The van der Waals surface area contributed by atoms with Crippen molar-refractivity contribution in [1.29, 1.82) is 0 Å². The lowest BCUT2D eigenvalue weighted by Gasteiger charge is -2.15. The summed E-state index contributed by atoms with van der Waals surface area (Å²) in [6.45, 7) is 3.47. The summed E-state index contributed by atoms with van der Waals surface area (Å²) in [5.74, 6) is -1.23. The molecule has 28 heavy (non-hydrogen) atoms. The third kappa shape index (κ3) is 4.79. The molecular formula is C20H22ClNO5S. The molecule has 8 heteroatoms. The Bertz CT molecular complexity index is 984. The van der Waals surface area contributed by atoms with Crippen LogP contribution in [0.4, 0.5) is 0 Å². The summed E-state index contributed by atoms with van der Waals surface area (Å²) in [5, 5.41) is 0.0367. The number of rotatable bonds is 7. The van der Waals surface area contributed by atoms with E-state index in [9.17, 15) is 18.0 Å². The molecule has 0 aliphatic carbocycles. The van der Waals surface area contributed by atoms with E-state index in [1.165, 1.54) is 33.2 Å². The fraction of sp³-hybridized carbons (Fsp3) is 0.300. The fourth-order valence-electron chi connectivity index (χ4n) is 2.45. The van der Waals surface area contributed by atoms with Crippen molar-refractivity contribution >= 4 is 33.4 Å². The molecule has 0 aliphatic heterocycles. The average molecular weight is 424 g/mol. The van der Waals surface area contributed by atoms with Crippen molar-refractivity contribution in [3.63, 3.8) is 0 Å². The molecule has 0 N–H and O–H groups in total. The van der Waals surface area contributed by atoms with Crippen LogP contribution in [0.3, 0.4) is 0 Å². The Labute approximate surface area is 170 Å². The molecule has 1 unspecified atom stereocenters. The van der Waals surface area contributed by atoms with Gasteiger partial charge in [-0.05, 0) is 37.1 Å². The largest absolute Gasteiger partial charge is 0.451 e. The van der Waals surface area contributed by atoms with E-state index < -0.39 is 22.1 Å². The van der Waals surface area contributed by atoms with E-state index in [4.69, 9.17) is 16.3 Å². The Kier molecular flexibility index (Phi) is 6.98. The van der Waals surface area contributed by atoms with E-state index in [1.54, 1.807) is 12.1 Å². The molecule has 0 radical (unpaired) electrons. The van der Waals surface area contributed by atoms with Gasteiger partial charge in [0.15, 0.2) is 6.10 Å². The maximum atomic E-state index is 12.5. The number of carbonyl (C=O) groups excluding carboxylic acids is 2. The van der Waals surface area contributed by atoms with Crippen LogP contribution in [0.2, 0.25) is 5.02 Å². The molecule has 150 valence electrons. The molecule has 2 rings (SSSR count). The van der Waals surface area contributed by atoms with Crippen LogP contribution >= 0.6 is 11.6 Å². The lowest BCUT2D eigenvalue weighted by Crippen LogP contribution is -2.25. The lowest BCUT2D eigenvalue weighted by atomic mass is 10.0. The Balaban J connectivity index is 2.22. The van der Waals surface area contributed by atoms with E-state index in [-0.39, 0.29) is 21.3 Å². The van der Waals surface area contributed by atoms with E-state index in [0.717, 1.165) is 22.4 Å². The van der Waals surface area contributed by atoms with Gasteiger partial charge in [0.05, 0.1) is 15.5 Å². The molecule has 0 aliphatic rings. The molecule has 6 nitrogen and oxygen atoms in total. The molecule has 2 aromatic carbocycles. The van der Waals surface area contributed by atoms with Crippen LogP contribution in [0, 0.1) is 0 Å². The molecule has 2 aromatic rings. The number of hydrogen-bond acceptors (Lipinski definition) is 5. The molecule has 0 saturated carbocycles. The van der Waals surface area contributed by atoms with E-state index in [1.807, 2.05) is 19.1 Å². The first kappa shape index (κ1) is 22.1. The Morgan fingerprint density at radius 3 is 2.25 bits per heavy atom. The second-order valence-corrected chi connectivity index (χ2v) is 8.95. The van der Waals surface area contributed by atoms with E-state index in [2.05, 4.69) is 0 Å². The molecule has 0 aromatic heterocycles. The van der Waals surface area contributed by atoms with Gasteiger partial charge in [-0.25, -0.2) is 17.5 Å². The van der Waals surface area contributed by atoms with Gasteiger partial charge in [-0.15, -0.1) is 0 Å². The van der Waals surface area contributed by atoms with Crippen LogP contribution in [-0.2, 0) is 21.2 Å². The normalized spacial score (nSPS) is 12.6. The summed E-state index contributed by atoms with van der Waals surface area (Å²) < 4.78 is 30.8. The molecule has 0 saturated heterocycles. The van der Waals surface area contributed by atoms with Crippen molar-refractivity contribution in [3.8, 4) is 0 Å². The Hall–Kier alpha value is -2.22. The van der Waals surface area contributed by atoms with Crippen molar-refractivity contribution in [2.45, 2.75) is 31.3 Å². The lowest BCUT2D eigenvalue weighted by molar-refractivity contribution is 0.0318. The molecular weight excluding hydrogens is 402 g/mol. The van der Waals surface area contributed by atoms with Gasteiger partial charge in [-0.1, -0.05) is 42.8 Å². The third-order valence-corrected chi connectivity index (χ3v) is 6.38. The van der Waals surface area contributed by atoms with Crippen LogP contribution in [-0.4, -0.2) is 44.7 Å². The molecule has 0 heterocycles. The van der Waals surface area contributed by atoms with Gasteiger partial charge in [0.25, 0.3) is 0 Å². The molecule has 0 bridgehead atoms. The van der Waals surface area contributed by atoms with E-state index >= 15 is 0 Å². The monoisotopic (exact) mass is 423 g/mol. The number of benzene rings is 2. The summed E-state index contributed by atoms with van der Waals surface area (Å²) in [6, 6.07) is 10.8. The number of sulfonamides is 1. The van der Waals surface area contributed by atoms with Gasteiger partial charge in [0.1, 0.15) is 0 Å². The van der Waals surface area contributed by atoms with Crippen molar-refractivity contribution in [3.05, 3.63) is 64.2 Å². The first-order chi connectivity index (χ1) is 13.1. The number of aryl methyl sites for hydroxylation is 1. The minimum absolute atomic E-state index is 0.0367. The Morgan fingerprint density at radius 2 is 1.71 bits per heavy atom. The highest BCUT2D eigenvalue weighted by Gasteiger charge is 2.24. The highest BCUT2D eigenvalue weighted by Crippen LogP contribution is 2.23. The van der Waals surface area contributed by atoms with Crippen LogP contribution in [0.15, 0.2) is 47.4 Å². The fourth-order valence-corrected chi connectivity index (χ4v) is 3.57. The summed E-state index contributed by atoms with van der Waals surface area (Å²) in [7, 11) is -0.981. The third-order valence-electron chi connectivity index (χ3n) is 4.24. The quantitative estimate of drug-likeness (QED) is 0.502.